The number of hydrogen-bond acceptors (Lipinski definition) is 43. The second-order valence-electron chi connectivity index (χ2n) is 26.6. The normalized spacial score (nSPS) is 52.3. The highest BCUT2D eigenvalue weighted by atomic mass is 16.8. The molecule has 0 aromatic rings. The quantitative estimate of drug-likeness (QED) is 0.0427. The van der Waals surface area contributed by atoms with Crippen LogP contribution in [0.15, 0.2) is 0 Å². The van der Waals surface area contributed by atoms with E-state index in [1.54, 1.807) is 0 Å². The average molecular weight is 1510 g/mol. The highest BCUT2D eigenvalue weighted by Gasteiger charge is 2.61. The maximum absolute atomic E-state index is 13.6. The van der Waals surface area contributed by atoms with Crippen LogP contribution in [0.3, 0.4) is 0 Å². The van der Waals surface area contributed by atoms with Crippen molar-refractivity contribution in [2.75, 3.05) is 39.6 Å². The molecule has 45 heteroatoms. The molecule has 9 heterocycles. The van der Waals surface area contributed by atoms with Crippen LogP contribution in [0.4, 0.5) is 0 Å². The predicted octanol–water partition coefficient (Wildman–Crippen LogP) is -17.3. The monoisotopic (exact) mass is 1510 g/mol. The lowest BCUT2D eigenvalue weighted by molar-refractivity contribution is -0.401. The molecular formula is C58H98N2O43. The van der Waals surface area contributed by atoms with Crippen molar-refractivity contribution in [2.24, 2.45) is 0 Å². The summed E-state index contributed by atoms with van der Waals surface area (Å²) in [5, 5.41) is 269. The molecule has 0 spiro atoms. The van der Waals surface area contributed by atoms with Gasteiger partial charge >= 0.3 is 0 Å². The minimum Gasteiger partial charge on any atom is -0.394 e. The molecule has 26 N–H and O–H groups in total. The van der Waals surface area contributed by atoms with Crippen LogP contribution in [-0.4, -0.2) is 450 Å². The molecule has 0 bridgehead atoms. The second kappa shape index (κ2) is 36.0. The molecule has 0 saturated carbocycles. The van der Waals surface area contributed by atoms with Crippen molar-refractivity contribution in [1.82, 2.24) is 10.6 Å². The summed E-state index contributed by atoms with van der Waals surface area (Å²) < 4.78 is 102. The summed E-state index contributed by atoms with van der Waals surface area (Å²) in [6, 6.07) is -3.97. The topological polar surface area (TPSA) is 701 Å². The molecule has 0 radical (unpaired) electrons. The van der Waals surface area contributed by atoms with Crippen LogP contribution < -0.4 is 10.6 Å². The van der Waals surface area contributed by atoms with Crippen molar-refractivity contribution in [1.29, 1.82) is 0 Å². The summed E-state index contributed by atoms with van der Waals surface area (Å²) in [7, 11) is 0. The van der Waals surface area contributed by atoms with Crippen molar-refractivity contribution in [3.8, 4) is 0 Å². The minimum atomic E-state index is -2.49. The Kier molecular flexibility index (Phi) is 29.5. The van der Waals surface area contributed by atoms with E-state index < -0.39 is 328 Å². The van der Waals surface area contributed by atoms with E-state index >= 15 is 0 Å². The van der Waals surface area contributed by atoms with Crippen LogP contribution in [-0.2, 0) is 90.1 Å². The van der Waals surface area contributed by atoms with Gasteiger partial charge in [-0.3, -0.25) is 9.59 Å². The van der Waals surface area contributed by atoms with Gasteiger partial charge in [0.2, 0.25) is 11.8 Å². The third kappa shape index (κ3) is 18.0. The van der Waals surface area contributed by atoms with Gasteiger partial charge < -0.3 is 214 Å². The molecule has 9 aliphatic heterocycles. The standard InChI is InChI=1S/C58H98N2O43/c1-12-25(68)31(74)38(81)53(88-12)98-45-21(10-65)95-52(24(60-16(5)67)47(45)101-58-49(35(78)29(72)18(7-62)93-58)103-55-40(83)33(76)27(70)14(3)90-55)102-48-30(73)22(96-57(42(48)85)97-43-19(8-63)91-50(86)37(80)36(43)79)11-87-51-23(59-15(4)66)46(100-54-39(82)32(75)26(69)13(2)89-54)44(20(9-64)94-51)99-56-41(84)34(77)28(71)17(6-61)92-56/h12-14,17-58,61-65,68-86H,6-11H2,1-5H3,(H,59,66)(H,60,67)/t12-,13-,14-,17+,18+,19+,20+,21+,22+,23+,24+,25+,26+,27+,28-,29-,30-,31+,32+,33+,34-,35-,36+,37+,38-,39-,40-,41+,42+,43+,44+,45+,46+,47+,48-,49+,50?,51+,52-,53-,54-,55-,56-,57-,58-/m0/s1. The molecule has 598 valence electrons. The number of ether oxygens (including phenoxy) is 17. The van der Waals surface area contributed by atoms with Crippen LogP contribution in [0, 0.1) is 0 Å². The zero-order valence-electron chi connectivity index (χ0n) is 55.7. The number of aliphatic hydroxyl groups is 24. The van der Waals surface area contributed by atoms with E-state index in [9.17, 15) is 132 Å². The number of hydrogen-bond donors (Lipinski definition) is 26. The first-order valence-electron chi connectivity index (χ1n) is 33.2. The number of amides is 2. The van der Waals surface area contributed by atoms with E-state index in [2.05, 4.69) is 10.6 Å². The first kappa shape index (κ1) is 84.3. The molecule has 45 atom stereocenters. The molecule has 9 saturated heterocycles. The van der Waals surface area contributed by atoms with Gasteiger partial charge in [0.15, 0.2) is 56.6 Å². The summed E-state index contributed by atoms with van der Waals surface area (Å²) in [5.41, 5.74) is 0. The third-order valence-electron chi connectivity index (χ3n) is 19.4. The Bertz CT molecular complexity index is 2660. The Morgan fingerprint density at radius 1 is 0.272 bits per heavy atom. The zero-order valence-corrected chi connectivity index (χ0v) is 55.7. The zero-order chi connectivity index (χ0) is 75.8. The van der Waals surface area contributed by atoms with Gasteiger partial charge in [0.05, 0.1) is 58.0 Å². The van der Waals surface area contributed by atoms with Crippen LogP contribution in [0.2, 0.25) is 0 Å². The number of nitrogens with one attached hydrogen (secondary N) is 2. The summed E-state index contributed by atoms with van der Waals surface area (Å²) in [4.78, 5) is 27.0. The van der Waals surface area contributed by atoms with E-state index in [0.717, 1.165) is 13.8 Å². The van der Waals surface area contributed by atoms with Crippen molar-refractivity contribution in [3.05, 3.63) is 0 Å². The Morgan fingerprint density at radius 2 is 0.583 bits per heavy atom. The van der Waals surface area contributed by atoms with Gasteiger partial charge in [-0.15, -0.1) is 0 Å². The molecule has 0 aliphatic carbocycles. The molecule has 0 aromatic carbocycles. The molecule has 45 nitrogen and oxygen atoms in total. The molecule has 9 aliphatic rings. The summed E-state index contributed by atoms with van der Waals surface area (Å²) in [5.74, 6) is -1.96. The highest BCUT2D eigenvalue weighted by molar-refractivity contribution is 5.73. The second-order valence-corrected chi connectivity index (χ2v) is 26.6. The van der Waals surface area contributed by atoms with Gasteiger partial charge in [0, 0.05) is 13.8 Å². The van der Waals surface area contributed by atoms with Crippen LogP contribution >= 0.6 is 0 Å². The molecule has 9 fully saturated rings. The van der Waals surface area contributed by atoms with Gasteiger partial charge in [-0.25, -0.2) is 0 Å². The van der Waals surface area contributed by atoms with E-state index in [1.165, 1.54) is 20.8 Å². The Labute approximate surface area is 584 Å². The maximum Gasteiger partial charge on any atom is 0.217 e. The third-order valence-corrected chi connectivity index (χ3v) is 19.4. The first-order valence-corrected chi connectivity index (χ1v) is 33.2. The van der Waals surface area contributed by atoms with Gasteiger partial charge in [-0.1, -0.05) is 0 Å². The Balaban J connectivity index is 1.10. The van der Waals surface area contributed by atoms with E-state index in [0.29, 0.717) is 0 Å². The largest absolute Gasteiger partial charge is 0.394 e. The molecular weight excluding hydrogens is 1410 g/mol. The van der Waals surface area contributed by atoms with Crippen molar-refractivity contribution in [2.45, 2.75) is 311 Å². The van der Waals surface area contributed by atoms with E-state index in [-0.39, 0.29) is 0 Å². The number of rotatable bonds is 24. The first-order chi connectivity index (χ1) is 48.6. The van der Waals surface area contributed by atoms with Gasteiger partial charge in [0.1, 0.15) is 201 Å². The van der Waals surface area contributed by atoms with E-state index in [4.69, 9.17) is 80.5 Å². The molecule has 103 heavy (non-hydrogen) atoms. The average Bonchev–Trinajstić information content (AvgIpc) is 0.767. The predicted molar refractivity (Wildman–Crippen MR) is 316 cm³/mol. The minimum absolute atomic E-state index is 0.916. The van der Waals surface area contributed by atoms with Gasteiger partial charge in [0.25, 0.3) is 0 Å². The number of aliphatic hydroxyl groups excluding tert-OH is 24. The molecule has 1 unspecified atom stereocenters. The number of carbonyl (C=O) groups is 2. The lowest BCUT2D eigenvalue weighted by Gasteiger charge is -2.52. The fraction of sp³-hybridized carbons (Fsp3) is 0.966. The fourth-order valence-corrected chi connectivity index (χ4v) is 13.5. The summed E-state index contributed by atoms with van der Waals surface area (Å²) >= 11 is 0. The molecule has 0 aromatic heterocycles. The summed E-state index contributed by atoms with van der Waals surface area (Å²) in [6.45, 7) is -0.979. The van der Waals surface area contributed by atoms with Crippen LogP contribution in [0.1, 0.15) is 34.6 Å². The van der Waals surface area contributed by atoms with Crippen molar-refractivity contribution >= 4 is 11.8 Å². The maximum atomic E-state index is 13.6. The lowest BCUT2D eigenvalue weighted by Crippen LogP contribution is -2.72. The van der Waals surface area contributed by atoms with Gasteiger partial charge in [-0.05, 0) is 20.8 Å². The fourth-order valence-electron chi connectivity index (χ4n) is 13.5. The number of carbonyl (C=O) groups excluding carboxylic acids is 2. The van der Waals surface area contributed by atoms with Crippen LogP contribution in [0.25, 0.3) is 0 Å². The SMILES string of the molecule is CC(=O)N[C@H]1[C@H](O[C@H]2[C@@H](O)[C@@H](CO[C@@H]3O[C@H](CO)[C@@H](O[C@@H]4O[C@H](CO)[C@H](O)[C@H](O)[C@H]4O)[C@H](O[C@@H]4O[C@@H](C)[C@@H](O)[C@@H](O)[C@@H]4O)[C@H]3NC(C)=O)O[C@@H](O[C@H]3[C@H](O)[C@@H](O)C(O)O[C@@H]3CO)[C@@H]2O)O[C@H](CO)[C@@H](O[C@@H]2O[C@@H](C)[C@@H](O)[C@@H](O)[C@@H]2O)[C@@H]1O[C@@H]1O[C@H](CO)[C@H](O)[C@H](O)[C@H]1O[C@@H]1O[C@@H](C)[C@@H](O)[C@@H](O)[C@@H]1O. The van der Waals surface area contributed by atoms with E-state index in [1.807, 2.05) is 0 Å². The van der Waals surface area contributed by atoms with Crippen molar-refractivity contribution < 1.29 is 213 Å². The lowest BCUT2D eigenvalue weighted by atomic mass is 9.93. The summed E-state index contributed by atoms with van der Waals surface area (Å²) in [6.07, 6.45) is -86.3. The van der Waals surface area contributed by atoms with Crippen molar-refractivity contribution in [3.63, 3.8) is 0 Å². The highest BCUT2D eigenvalue weighted by Crippen LogP contribution is 2.41. The molecule has 9 rings (SSSR count). The Morgan fingerprint density at radius 3 is 1.03 bits per heavy atom. The van der Waals surface area contributed by atoms with Crippen LogP contribution in [0.5, 0.6) is 0 Å². The smallest absolute Gasteiger partial charge is 0.217 e. The molecule has 2 amide bonds. The van der Waals surface area contributed by atoms with Gasteiger partial charge in [-0.2, -0.15) is 0 Å². The Hall–Kier alpha value is -2.70.